The van der Waals surface area contributed by atoms with Gasteiger partial charge in [0.1, 0.15) is 5.82 Å². The van der Waals surface area contributed by atoms with E-state index in [1.54, 1.807) is 12.4 Å². The lowest BCUT2D eigenvalue weighted by atomic mass is 9.99. The zero-order valence-electron chi connectivity index (χ0n) is 15.3. The number of piperazine rings is 1. The highest BCUT2D eigenvalue weighted by atomic mass is 19.1. The Morgan fingerprint density at radius 3 is 2.44 bits per heavy atom. The van der Waals surface area contributed by atoms with E-state index in [2.05, 4.69) is 19.8 Å². The van der Waals surface area contributed by atoms with Crippen molar-refractivity contribution in [2.45, 2.75) is 12.3 Å². The number of carbonyl (C=O) groups is 1. The van der Waals surface area contributed by atoms with Crippen LogP contribution >= 0.6 is 0 Å². The van der Waals surface area contributed by atoms with E-state index in [1.165, 1.54) is 12.1 Å². The number of rotatable bonds is 4. The molecule has 0 aliphatic carbocycles. The lowest BCUT2D eigenvalue weighted by Gasteiger charge is -2.34. The number of benzene rings is 1. The third-order valence-corrected chi connectivity index (χ3v) is 5.45. The molecule has 2 aliphatic rings. The minimum atomic E-state index is -0.218. The molecular weight excluding hydrogens is 345 g/mol. The van der Waals surface area contributed by atoms with Gasteiger partial charge in [0.15, 0.2) is 0 Å². The first-order chi connectivity index (χ1) is 13.2. The summed E-state index contributed by atoms with van der Waals surface area (Å²) in [6.07, 6.45) is 4.45. The van der Waals surface area contributed by atoms with Crippen LogP contribution < -0.4 is 4.90 Å². The molecule has 2 aliphatic heterocycles. The Morgan fingerprint density at radius 1 is 1.04 bits per heavy atom. The number of hydrogen-bond acceptors (Lipinski definition) is 5. The van der Waals surface area contributed by atoms with Gasteiger partial charge in [0.2, 0.25) is 11.9 Å². The van der Waals surface area contributed by atoms with E-state index < -0.39 is 0 Å². The van der Waals surface area contributed by atoms with Crippen LogP contribution in [0, 0.1) is 5.82 Å². The number of aromatic nitrogens is 2. The van der Waals surface area contributed by atoms with E-state index >= 15 is 0 Å². The third-order valence-electron chi connectivity index (χ3n) is 5.45. The molecule has 0 radical (unpaired) electrons. The zero-order valence-corrected chi connectivity index (χ0v) is 15.3. The van der Waals surface area contributed by atoms with Crippen LogP contribution in [-0.4, -0.2) is 71.5 Å². The SMILES string of the molecule is O=C(CN1CCN(c2ncccn2)CC1)N1CCC(c2ccc(F)cc2)C1. The van der Waals surface area contributed by atoms with Gasteiger partial charge >= 0.3 is 0 Å². The van der Waals surface area contributed by atoms with Crippen LogP contribution in [0.25, 0.3) is 0 Å². The lowest BCUT2D eigenvalue weighted by Crippen LogP contribution is -2.50. The molecule has 0 spiro atoms. The Kier molecular flexibility index (Phi) is 5.29. The molecule has 1 atom stereocenters. The molecule has 1 aromatic carbocycles. The van der Waals surface area contributed by atoms with Crippen molar-refractivity contribution < 1.29 is 9.18 Å². The molecule has 2 fully saturated rings. The van der Waals surface area contributed by atoms with Crippen molar-refractivity contribution in [1.29, 1.82) is 0 Å². The average Bonchev–Trinajstić information content (AvgIpc) is 3.20. The van der Waals surface area contributed by atoms with Crippen molar-refractivity contribution >= 4 is 11.9 Å². The van der Waals surface area contributed by atoms with E-state index in [9.17, 15) is 9.18 Å². The van der Waals surface area contributed by atoms with Crippen molar-refractivity contribution in [1.82, 2.24) is 19.8 Å². The molecule has 27 heavy (non-hydrogen) atoms. The number of halogens is 1. The van der Waals surface area contributed by atoms with Crippen LogP contribution in [0.2, 0.25) is 0 Å². The van der Waals surface area contributed by atoms with Gasteiger partial charge in [-0.05, 0) is 30.2 Å². The van der Waals surface area contributed by atoms with Crippen molar-refractivity contribution in [2.24, 2.45) is 0 Å². The Hall–Kier alpha value is -2.54. The molecule has 0 bridgehead atoms. The van der Waals surface area contributed by atoms with Gasteiger partial charge in [0.05, 0.1) is 6.54 Å². The maximum Gasteiger partial charge on any atom is 0.236 e. The van der Waals surface area contributed by atoms with Gasteiger partial charge in [0.25, 0.3) is 0 Å². The summed E-state index contributed by atoms with van der Waals surface area (Å²) in [6, 6.07) is 8.47. The molecule has 2 aromatic rings. The number of likely N-dealkylation sites (tertiary alicyclic amines) is 1. The summed E-state index contributed by atoms with van der Waals surface area (Å²) in [6.45, 7) is 5.28. The maximum atomic E-state index is 13.1. The molecule has 6 nitrogen and oxygen atoms in total. The summed E-state index contributed by atoms with van der Waals surface area (Å²) < 4.78 is 13.1. The lowest BCUT2D eigenvalue weighted by molar-refractivity contribution is -0.131. The predicted molar refractivity (Wildman–Crippen MR) is 101 cm³/mol. The molecule has 3 heterocycles. The van der Waals surface area contributed by atoms with Gasteiger partial charge in [-0.25, -0.2) is 14.4 Å². The molecular formula is C20H24FN5O. The Bertz CT molecular complexity index is 762. The molecule has 1 unspecified atom stereocenters. The number of hydrogen-bond donors (Lipinski definition) is 0. The van der Waals surface area contributed by atoms with Gasteiger partial charge in [-0.15, -0.1) is 0 Å². The first-order valence-electron chi connectivity index (χ1n) is 9.46. The summed E-state index contributed by atoms with van der Waals surface area (Å²) in [4.78, 5) is 27.6. The van der Waals surface area contributed by atoms with Gasteiger partial charge in [-0.3, -0.25) is 9.69 Å². The number of nitrogens with zero attached hydrogens (tertiary/aromatic N) is 5. The molecule has 7 heteroatoms. The fourth-order valence-corrected chi connectivity index (χ4v) is 3.85. The second-order valence-electron chi connectivity index (χ2n) is 7.19. The summed E-state index contributed by atoms with van der Waals surface area (Å²) in [7, 11) is 0. The van der Waals surface area contributed by atoms with Crippen LogP contribution in [0.4, 0.5) is 10.3 Å². The number of carbonyl (C=O) groups excluding carboxylic acids is 1. The van der Waals surface area contributed by atoms with Crippen molar-refractivity contribution in [3.63, 3.8) is 0 Å². The fourth-order valence-electron chi connectivity index (χ4n) is 3.85. The van der Waals surface area contributed by atoms with Gasteiger partial charge in [-0.2, -0.15) is 0 Å². The van der Waals surface area contributed by atoms with E-state index in [0.29, 0.717) is 12.5 Å². The van der Waals surface area contributed by atoms with Crippen LogP contribution in [0.15, 0.2) is 42.7 Å². The number of anilines is 1. The highest BCUT2D eigenvalue weighted by Gasteiger charge is 2.29. The monoisotopic (exact) mass is 369 g/mol. The van der Waals surface area contributed by atoms with Gasteiger partial charge in [0, 0.05) is 57.6 Å². The second-order valence-corrected chi connectivity index (χ2v) is 7.19. The highest BCUT2D eigenvalue weighted by Crippen LogP contribution is 2.27. The first-order valence-corrected chi connectivity index (χ1v) is 9.46. The summed E-state index contributed by atoms with van der Waals surface area (Å²) in [5.74, 6) is 1.03. The molecule has 2 saturated heterocycles. The normalized spacial score (nSPS) is 20.9. The van der Waals surface area contributed by atoms with Crippen LogP contribution in [0.5, 0.6) is 0 Å². The predicted octanol–water partition coefficient (Wildman–Crippen LogP) is 1.75. The highest BCUT2D eigenvalue weighted by molar-refractivity contribution is 5.78. The minimum Gasteiger partial charge on any atom is -0.341 e. The Labute approximate surface area is 158 Å². The minimum absolute atomic E-state index is 0.184. The van der Waals surface area contributed by atoms with Crippen molar-refractivity contribution in [3.05, 3.63) is 54.1 Å². The standard InChI is InChI=1S/C20H24FN5O/c21-18-4-2-16(3-5-18)17-6-9-26(14-17)19(27)15-24-10-12-25(13-11-24)20-22-7-1-8-23-20/h1-5,7-8,17H,6,9-15H2. The molecule has 1 aromatic heterocycles. The Balaban J connectivity index is 1.26. The Morgan fingerprint density at radius 2 is 1.74 bits per heavy atom. The van der Waals surface area contributed by atoms with E-state index in [-0.39, 0.29) is 11.7 Å². The average molecular weight is 369 g/mol. The van der Waals surface area contributed by atoms with Crippen molar-refractivity contribution in [2.75, 3.05) is 50.7 Å². The molecule has 4 rings (SSSR count). The molecule has 1 amide bonds. The van der Waals surface area contributed by atoms with E-state index in [1.807, 2.05) is 23.1 Å². The zero-order chi connectivity index (χ0) is 18.6. The molecule has 142 valence electrons. The van der Waals surface area contributed by atoms with Crippen LogP contribution in [0.1, 0.15) is 17.9 Å². The van der Waals surface area contributed by atoms with E-state index in [0.717, 1.165) is 57.2 Å². The van der Waals surface area contributed by atoms with Crippen LogP contribution in [0.3, 0.4) is 0 Å². The quantitative estimate of drug-likeness (QED) is 0.822. The largest absolute Gasteiger partial charge is 0.341 e. The molecule has 0 N–H and O–H groups in total. The topological polar surface area (TPSA) is 52.6 Å². The van der Waals surface area contributed by atoms with Gasteiger partial charge < -0.3 is 9.80 Å². The first kappa shape index (κ1) is 17.9. The van der Waals surface area contributed by atoms with Gasteiger partial charge in [-0.1, -0.05) is 12.1 Å². The number of amides is 1. The second kappa shape index (κ2) is 8.00. The molecule has 0 saturated carbocycles. The summed E-state index contributed by atoms with van der Waals surface area (Å²) >= 11 is 0. The van der Waals surface area contributed by atoms with Crippen molar-refractivity contribution in [3.8, 4) is 0 Å². The third kappa shape index (κ3) is 4.24. The smallest absolute Gasteiger partial charge is 0.236 e. The fraction of sp³-hybridized carbons (Fsp3) is 0.450. The summed E-state index contributed by atoms with van der Waals surface area (Å²) in [5.41, 5.74) is 1.11. The summed E-state index contributed by atoms with van der Waals surface area (Å²) in [5, 5.41) is 0. The van der Waals surface area contributed by atoms with Crippen LogP contribution in [-0.2, 0) is 4.79 Å². The van der Waals surface area contributed by atoms with E-state index in [4.69, 9.17) is 0 Å². The maximum absolute atomic E-state index is 13.1.